The summed E-state index contributed by atoms with van der Waals surface area (Å²) in [6.45, 7) is 8.63. The number of aromatic amines is 1. The van der Waals surface area contributed by atoms with Crippen molar-refractivity contribution in [2.75, 3.05) is 17.2 Å². The number of nitrogens with zero attached hydrogens (tertiary/aromatic N) is 2. The van der Waals surface area contributed by atoms with Crippen molar-refractivity contribution < 1.29 is 9.53 Å². The first-order valence-electron chi connectivity index (χ1n) is 8.90. The Morgan fingerprint density at radius 1 is 1.30 bits per heavy atom. The number of para-hydroxylation sites is 1. The molecule has 2 aromatic rings. The molecule has 144 valence electrons. The van der Waals surface area contributed by atoms with Gasteiger partial charge in [-0.15, -0.1) is 0 Å². The third-order valence-electron chi connectivity index (χ3n) is 4.21. The molecule has 0 aliphatic carbocycles. The molecule has 0 radical (unpaired) electrons. The fourth-order valence-electron chi connectivity index (χ4n) is 2.88. The minimum absolute atomic E-state index is 0.311. The lowest BCUT2D eigenvalue weighted by Gasteiger charge is -2.29. The number of thiocarbonyl (C=S) groups is 1. The van der Waals surface area contributed by atoms with Crippen LogP contribution in [0, 0.1) is 6.92 Å². The zero-order chi connectivity index (χ0) is 19.6. The zero-order valence-corrected chi connectivity index (χ0v) is 16.9. The third-order valence-corrected chi connectivity index (χ3v) is 4.41. The van der Waals surface area contributed by atoms with Crippen LogP contribution in [0.3, 0.4) is 0 Å². The minimum atomic E-state index is -0.508. The Labute approximate surface area is 164 Å². The summed E-state index contributed by atoms with van der Waals surface area (Å²) in [5, 5.41) is 14.2. The second-order valence-corrected chi connectivity index (χ2v) is 7.98. The van der Waals surface area contributed by atoms with Gasteiger partial charge in [0, 0.05) is 17.8 Å². The molecule has 1 aromatic heterocycles. The fraction of sp³-hybridized carbons (Fsp3) is 0.421. The maximum Gasteiger partial charge on any atom is 0.410 e. The van der Waals surface area contributed by atoms with Gasteiger partial charge in [0.05, 0.1) is 12.2 Å². The molecule has 1 amide bonds. The Morgan fingerprint density at radius 3 is 2.74 bits per heavy atom. The van der Waals surface area contributed by atoms with Crippen LogP contribution in [-0.4, -0.2) is 38.4 Å². The van der Waals surface area contributed by atoms with Crippen LogP contribution in [0.4, 0.5) is 16.3 Å². The molecule has 1 aliphatic heterocycles. The highest BCUT2D eigenvalue weighted by atomic mass is 32.1. The molecule has 0 saturated carbocycles. The lowest BCUT2D eigenvalue weighted by Crippen LogP contribution is -2.40. The van der Waals surface area contributed by atoms with Crippen molar-refractivity contribution >= 4 is 34.9 Å². The van der Waals surface area contributed by atoms with E-state index in [4.69, 9.17) is 17.0 Å². The summed E-state index contributed by atoms with van der Waals surface area (Å²) < 4.78 is 5.45. The number of aryl methyl sites for hydroxylation is 1. The summed E-state index contributed by atoms with van der Waals surface area (Å²) in [6, 6.07) is 7.94. The standard InChI is InChI=1S/C19H25N5O2S/c1-12-7-5-6-8-14(12)20-17(27)21-16-13-9-10-24(11-15(13)22-23-16)18(25)26-19(2,3)4/h5-8H,9-11H2,1-4H3,(H3,20,21,22,23,27). The van der Waals surface area contributed by atoms with Gasteiger partial charge in [-0.05, 0) is 58.0 Å². The summed E-state index contributed by atoms with van der Waals surface area (Å²) in [7, 11) is 0. The Morgan fingerprint density at radius 2 is 2.04 bits per heavy atom. The molecule has 0 spiro atoms. The first-order valence-corrected chi connectivity index (χ1v) is 9.31. The normalized spacial score (nSPS) is 13.7. The Hall–Kier alpha value is -2.61. The van der Waals surface area contributed by atoms with E-state index in [2.05, 4.69) is 20.8 Å². The molecule has 0 atom stereocenters. The van der Waals surface area contributed by atoms with Crippen LogP contribution in [0.15, 0.2) is 24.3 Å². The number of H-pyrrole nitrogens is 1. The second kappa shape index (κ2) is 7.56. The predicted octanol–water partition coefficient (Wildman–Crippen LogP) is 3.82. The van der Waals surface area contributed by atoms with Crippen molar-refractivity contribution in [3.05, 3.63) is 41.1 Å². The van der Waals surface area contributed by atoms with Crippen LogP contribution in [0.1, 0.15) is 37.6 Å². The highest BCUT2D eigenvalue weighted by Crippen LogP contribution is 2.25. The van der Waals surface area contributed by atoms with Gasteiger partial charge < -0.3 is 20.3 Å². The van der Waals surface area contributed by atoms with Crippen molar-refractivity contribution in [1.82, 2.24) is 15.1 Å². The van der Waals surface area contributed by atoms with Gasteiger partial charge in [-0.1, -0.05) is 18.2 Å². The lowest BCUT2D eigenvalue weighted by molar-refractivity contribution is 0.0221. The summed E-state index contributed by atoms with van der Waals surface area (Å²) in [5.74, 6) is 0.694. The van der Waals surface area contributed by atoms with Crippen LogP contribution in [0.5, 0.6) is 0 Å². The first kappa shape index (κ1) is 19.2. The number of rotatable bonds is 2. The molecule has 0 fully saturated rings. The van der Waals surface area contributed by atoms with E-state index in [1.165, 1.54) is 0 Å². The van der Waals surface area contributed by atoms with Gasteiger partial charge in [-0.3, -0.25) is 5.10 Å². The topological polar surface area (TPSA) is 82.3 Å². The fourth-order valence-corrected chi connectivity index (χ4v) is 3.08. The summed E-state index contributed by atoms with van der Waals surface area (Å²) >= 11 is 5.41. The monoisotopic (exact) mass is 387 g/mol. The molecule has 0 bridgehead atoms. The van der Waals surface area contributed by atoms with Crippen molar-refractivity contribution in [2.45, 2.75) is 46.3 Å². The van der Waals surface area contributed by atoms with E-state index in [-0.39, 0.29) is 6.09 Å². The van der Waals surface area contributed by atoms with Gasteiger partial charge in [0.15, 0.2) is 10.9 Å². The molecule has 8 heteroatoms. The molecule has 1 aliphatic rings. The van der Waals surface area contributed by atoms with Crippen molar-refractivity contribution in [1.29, 1.82) is 0 Å². The maximum absolute atomic E-state index is 12.3. The SMILES string of the molecule is Cc1ccccc1NC(=S)Nc1n[nH]c2c1CCN(C(=O)OC(C)(C)C)C2. The van der Waals surface area contributed by atoms with Crippen LogP contribution < -0.4 is 10.6 Å². The van der Waals surface area contributed by atoms with Gasteiger partial charge in [0.1, 0.15) is 5.60 Å². The third kappa shape index (κ3) is 4.77. The van der Waals surface area contributed by atoms with E-state index in [0.717, 1.165) is 22.5 Å². The number of benzene rings is 1. The van der Waals surface area contributed by atoms with Gasteiger partial charge >= 0.3 is 6.09 Å². The number of aromatic nitrogens is 2. The Bertz CT molecular complexity index is 856. The molecule has 1 aromatic carbocycles. The molecule has 7 nitrogen and oxygen atoms in total. The molecular weight excluding hydrogens is 362 g/mol. The van der Waals surface area contributed by atoms with Gasteiger partial charge in [0.2, 0.25) is 0 Å². The predicted molar refractivity (Wildman–Crippen MR) is 110 cm³/mol. The zero-order valence-electron chi connectivity index (χ0n) is 16.0. The molecule has 27 heavy (non-hydrogen) atoms. The smallest absolute Gasteiger partial charge is 0.410 e. The van der Waals surface area contributed by atoms with Crippen LogP contribution >= 0.6 is 12.2 Å². The summed E-state index contributed by atoms with van der Waals surface area (Å²) in [4.78, 5) is 13.9. The number of carbonyl (C=O) groups is 1. The van der Waals surface area contributed by atoms with E-state index in [1.54, 1.807) is 4.90 Å². The average Bonchev–Trinajstić information content (AvgIpc) is 2.97. The number of hydrogen-bond acceptors (Lipinski definition) is 4. The number of nitrogens with one attached hydrogen (secondary N) is 3. The maximum atomic E-state index is 12.3. The Balaban J connectivity index is 1.64. The van der Waals surface area contributed by atoms with E-state index < -0.39 is 5.60 Å². The van der Waals surface area contributed by atoms with E-state index in [0.29, 0.717) is 30.4 Å². The van der Waals surface area contributed by atoms with Crippen LogP contribution in [0.2, 0.25) is 0 Å². The number of fused-ring (bicyclic) bond motifs is 1. The van der Waals surface area contributed by atoms with Crippen molar-refractivity contribution in [3.63, 3.8) is 0 Å². The van der Waals surface area contributed by atoms with Crippen LogP contribution in [0.25, 0.3) is 0 Å². The number of carbonyl (C=O) groups excluding carboxylic acids is 1. The molecule has 0 unspecified atom stereocenters. The quantitative estimate of drug-likeness (QED) is 0.680. The number of hydrogen-bond donors (Lipinski definition) is 3. The van der Waals surface area contributed by atoms with Crippen molar-refractivity contribution in [2.24, 2.45) is 0 Å². The minimum Gasteiger partial charge on any atom is -0.444 e. The van der Waals surface area contributed by atoms with E-state index >= 15 is 0 Å². The van der Waals surface area contributed by atoms with E-state index in [1.807, 2.05) is 52.0 Å². The largest absolute Gasteiger partial charge is 0.444 e. The number of ether oxygens (including phenoxy) is 1. The summed E-state index contributed by atoms with van der Waals surface area (Å²) in [6.07, 6.45) is 0.370. The number of amides is 1. The van der Waals surface area contributed by atoms with Crippen LogP contribution in [-0.2, 0) is 17.7 Å². The highest BCUT2D eigenvalue weighted by Gasteiger charge is 2.28. The lowest BCUT2D eigenvalue weighted by atomic mass is 10.1. The molecule has 3 N–H and O–H groups in total. The van der Waals surface area contributed by atoms with Gasteiger partial charge in [-0.25, -0.2) is 4.79 Å². The first-order chi connectivity index (χ1) is 12.7. The molecule has 2 heterocycles. The van der Waals surface area contributed by atoms with Crippen molar-refractivity contribution in [3.8, 4) is 0 Å². The van der Waals surface area contributed by atoms with Gasteiger partial charge in [-0.2, -0.15) is 5.10 Å². The van der Waals surface area contributed by atoms with E-state index in [9.17, 15) is 4.79 Å². The molecule has 0 saturated heterocycles. The van der Waals surface area contributed by atoms with Gasteiger partial charge in [0.25, 0.3) is 0 Å². The summed E-state index contributed by atoms with van der Waals surface area (Å²) in [5.41, 5.74) is 3.50. The molecular formula is C19H25N5O2S. The average molecular weight is 388 g/mol. The highest BCUT2D eigenvalue weighted by molar-refractivity contribution is 7.80. The second-order valence-electron chi connectivity index (χ2n) is 7.58. The number of anilines is 2. The Kier molecular flexibility index (Phi) is 5.36. The molecule has 3 rings (SSSR count).